The van der Waals surface area contributed by atoms with E-state index in [2.05, 4.69) is 27.1 Å². The third kappa shape index (κ3) is 3.98. The van der Waals surface area contributed by atoms with Gasteiger partial charge in [-0.05, 0) is 49.7 Å². The lowest BCUT2D eigenvalue weighted by Gasteiger charge is -2.17. The van der Waals surface area contributed by atoms with Crippen molar-refractivity contribution >= 4 is 17.7 Å². The van der Waals surface area contributed by atoms with E-state index in [1.165, 1.54) is 37.4 Å². The summed E-state index contributed by atoms with van der Waals surface area (Å²) in [7, 11) is 0. The molecule has 2 fully saturated rings. The number of aromatic nitrogens is 4. The first-order valence-corrected chi connectivity index (χ1v) is 10.1. The van der Waals surface area contributed by atoms with Crippen LogP contribution in [0, 0.1) is 11.8 Å². The molecule has 2 aliphatic rings. The third-order valence-electron chi connectivity index (χ3n) is 4.89. The first-order chi connectivity index (χ1) is 12.8. The Labute approximate surface area is 157 Å². The predicted molar refractivity (Wildman–Crippen MR) is 102 cm³/mol. The number of nitrogens with one attached hydrogen (secondary N) is 1. The van der Waals surface area contributed by atoms with Gasteiger partial charge < -0.3 is 5.32 Å². The van der Waals surface area contributed by atoms with E-state index >= 15 is 0 Å². The van der Waals surface area contributed by atoms with Gasteiger partial charge in [0.1, 0.15) is 0 Å². The molecule has 2 aromatic heterocycles. The number of rotatable bonds is 9. The van der Waals surface area contributed by atoms with Gasteiger partial charge in [-0.3, -0.25) is 14.3 Å². The van der Waals surface area contributed by atoms with E-state index in [1.54, 1.807) is 12.4 Å². The molecule has 2 heterocycles. The molecule has 1 amide bonds. The number of hydrogen-bond acceptors (Lipinski definition) is 5. The average Bonchev–Trinajstić information content (AvgIpc) is 3.58. The fourth-order valence-electron chi connectivity index (χ4n) is 3.29. The molecule has 0 unspecified atom stereocenters. The van der Waals surface area contributed by atoms with Gasteiger partial charge >= 0.3 is 0 Å². The summed E-state index contributed by atoms with van der Waals surface area (Å²) in [6.45, 7) is 4.42. The normalized spacial score (nSPS) is 16.7. The molecule has 0 radical (unpaired) electrons. The minimum atomic E-state index is 0.0948. The Morgan fingerprint density at radius 1 is 1.27 bits per heavy atom. The maximum atomic E-state index is 12.4. The molecule has 0 saturated heterocycles. The fourth-order valence-corrected chi connectivity index (χ4v) is 4.05. The molecular formula is C19H23N5OS. The van der Waals surface area contributed by atoms with Crippen molar-refractivity contribution in [3.63, 3.8) is 0 Å². The first kappa shape index (κ1) is 17.3. The average molecular weight is 369 g/mol. The van der Waals surface area contributed by atoms with E-state index in [4.69, 9.17) is 0 Å². The molecule has 2 aliphatic carbocycles. The maximum absolute atomic E-state index is 12.4. The van der Waals surface area contributed by atoms with E-state index in [1.807, 2.05) is 22.8 Å². The number of carbonyl (C=O) groups is 1. The molecule has 26 heavy (non-hydrogen) atoms. The van der Waals surface area contributed by atoms with Crippen LogP contribution in [0.15, 0.2) is 42.3 Å². The summed E-state index contributed by atoms with van der Waals surface area (Å²) < 4.78 is 1.99. The topological polar surface area (TPSA) is 72.7 Å². The molecule has 6 nitrogen and oxygen atoms in total. The molecule has 4 rings (SSSR count). The van der Waals surface area contributed by atoms with Gasteiger partial charge in [0.25, 0.3) is 0 Å². The zero-order valence-corrected chi connectivity index (χ0v) is 15.5. The van der Waals surface area contributed by atoms with Gasteiger partial charge in [0.2, 0.25) is 5.91 Å². The smallest absolute Gasteiger partial charge is 0.230 e. The van der Waals surface area contributed by atoms with Crippen LogP contribution in [0.25, 0.3) is 11.4 Å². The van der Waals surface area contributed by atoms with Gasteiger partial charge in [-0.2, -0.15) is 0 Å². The zero-order chi connectivity index (χ0) is 17.9. The summed E-state index contributed by atoms with van der Waals surface area (Å²) in [5, 5.41) is 12.6. The molecule has 0 aliphatic heterocycles. The summed E-state index contributed by atoms with van der Waals surface area (Å²) in [6.07, 6.45) is 10.3. The van der Waals surface area contributed by atoms with Gasteiger partial charge in [-0.1, -0.05) is 17.8 Å². The summed E-state index contributed by atoms with van der Waals surface area (Å²) in [6, 6.07) is 4.20. The van der Waals surface area contributed by atoms with Crippen LogP contribution in [0.4, 0.5) is 0 Å². The quantitative estimate of drug-likeness (QED) is 0.543. The van der Waals surface area contributed by atoms with Crippen molar-refractivity contribution < 1.29 is 4.79 Å². The largest absolute Gasteiger partial charge is 0.352 e. The number of allylic oxidation sites excluding steroid dienone is 1. The second kappa shape index (κ2) is 7.61. The second-order valence-electron chi connectivity index (χ2n) is 7.00. The van der Waals surface area contributed by atoms with Gasteiger partial charge in [0, 0.05) is 30.5 Å². The number of hydrogen-bond donors (Lipinski definition) is 1. The van der Waals surface area contributed by atoms with E-state index in [0.717, 1.165) is 16.5 Å². The predicted octanol–water partition coefficient (Wildman–Crippen LogP) is 2.92. The fraction of sp³-hybridized carbons (Fsp3) is 0.474. The van der Waals surface area contributed by atoms with Crippen LogP contribution < -0.4 is 5.32 Å². The van der Waals surface area contributed by atoms with Crippen molar-refractivity contribution in [2.45, 2.75) is 43.4 Å². The Morgan fingerprint density at radius 3 is 2.58 bits per heavy atom. The molecule has 0 bridgehead atoms. The Hall–Kier alpha value is -2.15. The molecule has 2 saturated carbocycles. The van der Waals surface area contributed by atoms with Gasteiger partial charge in [0.15, 0.2) is 11.0 Å². The highest BCUT2D eigenvalue weighted by Gasteiger charge is 2.42. The van der Waals surface area contributed by atoms with Crippen molar-refractivity contribution in [2.75, 3.05) is 5.75 Å². The van der Waals surface area contributed by atoms with Crippen molar-refractivity contribution in [1.29, 1.82) is 0 Å². The SMILES string of the molecule is C=CCn1c(SCC(=O)NC(C2CC2)C2CC2)nnc1-c1ccncc1. The molecule has 2 aromatic rings. The molecule has 1 N–H and O–H groups in total. The minimum absolute atomic E-state index is 0.0948. The number of thioether (sulfide) groups is 1. The highest BCUT2D eigenvalue weighted by molar-refractivity contribution is 7.99. The standard InChI is InChI=1S/C19H23N5OS/c1-2-11-24-18(15-7-9-20-10-8-15)22-23-19(24)26-12-16(25)21-17(13-3-4-13)14-5-6-14/h2,7-10,13-14,17H,1,3-6,11-12H2,(H,21,25). The molecule has 0 aromatic carbocycles. The van der Waals surface area contributed by atoms with Crippen LogP contribution in [-0.2, 0) is 11.3 Å². The van der Waals surface area contributed by atoms with E-state index in [9.17, 15) is 4.79 Å². The van der Waals surface area contributed by atoms with Crippen molar-refractivity contribution in [3.05, 3.63) is 37.2 Å². The lowest BCUT2D eigenvalue weighted by Crippen LogP contribution is -2.39. The highest BCUT2D eigenvalue weighted by atomic mass is 32.2. The zero-order valence-electron chi connectivity index (χ0n) is 14.7. The molecular weight excluding hydrogens is 346 g/mol. The number of pyridine rings is 1. The van der Waals surface area contributed by atoms with Crippen molar-refractivity contribution in [3.8, 4) is 11.4 Å². The van der Waals surface area contributed by atoms with Crippen LogP contribution >= 0.6 is 11.8 Å². The van der Waals surface area contributed by atoms with E-state index < -0.39 is 0 Å². The molecule has 136 valence electrons. The van der Waals surface area contributed by atoms with Crippen LogP contribution in [0.2, 0.25) is 0 Å². The van der Waals surface area contributed by atoms with Crippen LogP contribution in [0.3, 0.4) is 0 Å². The van der Waals surface area contributed by atoms with Crippen LogP contribution in [0.5, 0.6) is 0 Å². The number of nitrogens with zero attached hydrogens (tertiary/aromatic N) is 4. The summed E-state index contributed by atoms with van der Waals surface area (Å²) in [5.74, 6) is 2.64. The first-order valence-electron chi connectivity index (χ1n) is 9.13. The van der Waals surface area contributed by atoms with E-state index in [-0.39, 0.29) is 5.91 Å². The van der Waals surface area contributed by atoms with Crippen molar-refractivity contribution in [2.24, 2.45) is 11.8 Å². The van der Waals surface area contributed by atoms with Crippen LogP contribution in [-0.4, -0.2) is 37.5 Å². The van der Waals surface area contributed by atoms with Gasteiger partial charge in [0.05, 0.1) is 5.75 Å². The van der Waals surface area contributed by atoms with Gasteiger partial charge in [-0.15, -0.1) is 16.8 Å². The minimum Gasteiger partial charge on any atom is -0.352 e. The third-order valence-corrected chi connectivity index (χ3v) is 5.85. The maximum Gasteiger partial charge on any atom is 0.230 e. The van der Waals surface area contributed by atoms with Crippen LogP contribution in [0.1, 0.15) is 25.7 Å². The van der Waals surface area contributed by atoms with Crippen molar-refractivity contribution in [1.82, 2.24) is 25.1 Å². The Bertz CT molecular complexity index is 770. The summed E-state index contributed by atoms with van der Waals surface area (Å²) in [5.41, 5.74) is 0.952. The lowest BCUT2D eigenvalue weighted by atomic mass is 10.1. The number of carbonyl (C=O) groups excluding carboxylic acids is 1. The lowest BCUT2D eigenvalue weighted by molar-refractivity contribution is -0.119. The summed E-state index contributed by atoms with van der Waals surface area (Å²) >= 11 is 1.43. The Balaban J connectivity index is 1.41. The molecule has 0 atom stereocenters. The Morgan fingerprint density at radius 2 is 1.96 bits per heavy atom. The highest BCUT2D eigenvalue weighted by Crippen LogP contribution is 2.44. The summed E-state index contributed by atoms with van der Waals surface area (Å²) in [4.78, 5) is 16.5. The monoisotopic (exact) mass is 369 g/mol. The van der Waals surface area contributed by atoms with Gasteiger partial charge in [-0.25, -0.2) is 0 Å². The number of amides is 1. The Kier molecular flexibility index (Phi) is 5.06. The second-order valence-corrected chi connectivity index (χ2v) is 7.94. The van der Waals surface area contributed by atoms with E-state index in [0.29, 0.717) is 30.2 Å². The molecule has 0 spiro atoms. The molecule has 7 heteroatoms.